The van der Waals surface area contributed by atoms with Gasteiger partial charge in [-0.1, -0.05) is 6.07 Å². The molecule has 1 heterocycles. The molecule has 0 saturated carbocycles. The van der Waals surface area contributed by atoms with Crippen molar-refractivity contribution in [1.29, 1.82) is 5.26 Å². The Hall–Kier alpha value is -3.45. The summed E-state index contributed by atoms with van der Waals surface area (Å²) in [5.74, 6) is -0.977. The van der Waals surface area contributed by atoms with Gasteiger partial charge in [-0.3, -0.25) is 20.2 Å². The number of benzene rings is 1. The molecule has 1 aromatic carbocycles. The van der Waals surface area contributed by atoms with Crippen LogP contribution < -0.4 is 16.0 Å². The molecule has 10 nitrogen and oxygen atoms in total. The first-order chi connectivity index (χ1) is 11.9. The number of urea groups is 1. The largest absolute Gasteiger partial charge is 0.378 e. The van der Waals surface area contributed by atoms with Crippen molar-refractivity contribution < 1.29 is 19.2 Å². The number of imide groups is 1. The van der Waals surface area contributed by atoms with Gasteiger partial charge in [-0.2, -0.15) is 5.26 Å². The van der Waals surface area contributed by atoms with Crippen LogP contribution >= 0.6 is 0 Å². The Kier molecular flexibility index (Phi) is 5.65. The van der Waals surface area contributed by atoms with Crippen LogP contribution in [0.25, 0.3) is 6.08 Å². The Labute approximate surface area is 142 Å². The number of nitriles is 1. The second kappa shape index (κ2) is 7.89. The molecule has 2 rings (SSSR count). The second-order valence-electron chi connectivity index (χ2n) is 5.09. The number of morpholine rings is 1. The van der Waals surface area contributed by atoms with Crippen molar-refractivity contribution in [3.63, 3.8) is 0 Å². The van der Waals surface area contributed by atoms with E-state index in [0.717, 1.165) is 6.08 Å². The number of hydrogen-bond donors (Lipinski definition) is 2. The van der Waals surface area contributed by atoms with Gasteiger partial charge in [0.25, 0.3) is 11.6 Å². The average molecular weight is 345 g/mol. The molecule has 0 aromatic heterocycles. The number of amides is 3. The number of ether oxygens (including phenoxy) is 1. The third-order valence-corrected chi connectivity index (χ3v) is 3.46. The van der Waals surface area contributed by atoms with Crippen LogP contribution in [0.4, 0.5) is 16.2 Å². The number of nitro groups is 1. The Morgan fingerprint density at radius 3 is 2.64 bits per heavy atom. The quantitative estimate of drug-likeness (QED) is 0.349. The van der Waals surface area contributed by atoms with E-state index in [0.29, 0.717) is 32.0 Å². The summed E-state index contributed by atoms with van der Waals surface area (Å²) in [5.41, 5.74) is 5.00. The third kappa shape index (κ3) is 4.52. The van der Waals surface area contributed by atoms with E-state index in [1.165, 1.54) is 6.07 Å². The number of carbonyl (C=O) groups is 2. The number of nitro benzene ring substituents is 1. The van der Waals surface area contributed by atoms with Crippen LogP contribution in [0.3, 0.4) is 0 Å². The number of nitrogens with two attached hydrogens (primary N) is 1. The lowest BCUT2D eigenvalue weighted by Gasteiger charge is -2.28. The van der Waals surface area contributed by atoms with E-state index in [2.05, 4.69) is 0 Å². The number of rotatable bonds is 4. The average Bonchev–Trinajstić information content (AvgIpc) is 2.59. The van der Waals surface area contributed by atoms with Crippen molar-refractivity contribution >= 4 is 29.4 Å². The van der Waals surface area contributed by atoms with Gasteiger partial charge in [0.15, 0.2) is 0 Å². The second-order valence-corrected chi connectivity index (χ2v) is 5.09. The van der Waals surface area contributed by atoms with Crippen LogP contribution in [0.5, 0.6) is 0 Å². The monoisotopic (exact) mass is 345 g/mol. The van der Waals surface area contributed by atoms with E-state index in [1.54, 1.807) is 23.5 Å². The maximum absolute atomic E-state index is 11.7. The van der Waals surface area contributed by atoms with Gasteiger partial charge in [0.05, 0.1) is 18.1 Å². The highest BCUT2D eigenvalue weighted by Gasteiger charge is 2.22. The van der Waals surface area contributed by atoms with Gasteiger partial charge in [0.1, 0.15) is 17.3 Å². The lowest BCUT2D eigenvalue weighted by atomic mass is 10.1. The summed E-state index contributed by atoms with van der Waals surface area (Å²) in [6.45, 7) is 2.01. The molecule has 130 valence electrons. The summed E-state index contributed by atoms with van der Waals surface area (Å²) < 4.78 is 5.23. The van der Waals surface area contributed by atoms with Gasteiger partial charge in [-0.05, 0) is 17.7 Å². The Morgan fingerprint density at radius 1 is 1.40 bits per heavy atom. The molecule has 3 N–H and O–H groups in total. The third-order valence-electron chi connectivity index (χ3n) is 3.46. The fourth-order valence-corrected chi connectivity index (χ4v) is 2.34. The molecule has 1 aromatic rings. The molecule has 0 spiro atoms. The first-order valence-electron chi connectivity index (χ1n) is 7.26. The molecule has 1 aliphatic rings. The molecule has 0 atom stereocenters. The zero-order valence-electron chi connectivity index (χ0n) is 13.1. The first-order valence-corrected chi connectivity index (χ1v) is 7.26. The molecule has 0 unspecified atom stereocenters. The van der Waals surface area contributed by atoms with Crippen LogP contribution in [0, 0.1) is 21.4 Å². The molecule has 10 heteroatoms. The Bertz CT molecular complexity index is 777. The van der Waals surface area contributed by atoms with E-state index in [4.69, 9.17) is 15.7 Å². The molecule has 0 radical (unpaired) electrons. The minimum absolute atomic E-state index is 0.150. The van der Waals surface area contributed by atoms with Gasteiger partial charge in [-0.15, -0.1) is 0 Å². The number of carbonyl (C=O) groups excluding carboxylic acids is 2. The molecular formula is C15H15N5O5. The van der Waals surface area contributed by atoms with Crippen LogP contribution in [-0.2, 0) is 9.53 Å². The standard InChI is InChI=1S/C15H15N5O5/c16-9-11(14(21)18-15(17)22)7-10-1-2-12(13(8-10)20(23)24)19-3-5-25-6-4-19/h1-2,7-8H,3-6H2,(H3,17,18,21,22)/b11-7-. The minimum Gasteiger partial charge on any atom is -0.378 e. The summed E-state index contributed by atoms with van der Waals surface area (Å²) in [7, 11) is 0. The van der Waals surface area contributed by atoms with Crippen molar-refractivity contribution in [3.8, 4) is 6.07 Å². The van der Waals surface area contributed by atoms with E-state index in [-0.39, 0.29) is 11.3 Å². The zero-order valence-corrected chi connectivity index (χ0v) is 13.1. The fourth-order valence-electron chi connectivity index (χ4n) is 2.34. The number of hydrogen-bond acceptors (Lipinski definition) is 7. The molecular weight excluding hydrogens is 330 g/mol. The van der Waals surface area contributed by atoms with E-state index < -0.39 is 22.4 Å². The smallest absolute Gasteiger partial charge is 0.319 e. The maximum Gasteiger partial charge on any atom is 0.319 e. The highest BCUT2D eigenvalue weighted by Crippen LogP contribution is 2.30. The highest BCUT2D eigenvalue weighted by atomic mass is 16.6. The first kappa shape index (κ1) is 17.9. The van der Waals surface area contributed by atoms with Crippen LogP contribution in [-0.4, -0.2) is 43.2 Å². The van der Waals surface area contributed by atoms with Gasteiger partial charge in [-0.25, -0.2) is 4.79 Å². The normalized spacial score (nSPS) is 14.5. The Morgan fingerprint density at radius 2 is 2.08 bits per heavy atom. The minimum atomic E-state index is -1.10. The number of nitrogens with zero attached hydrogens (tertiary/aromatic N) is 3. The number of nitrogens with one attached hydrogen (secondary N) is 1. The molecule has 1 aliphatic heterocycles. The Balaban J connectivity index is 2.36. The summed E-state index contributed by atoms with van der Waals surface area (Å²) in [5, 5.41) is 22.2. The van der Waals surface area contributed by atoms with Crippen LogP contribution in [0.2, 0.25) is 0 Å². The molecule has 1 fully saturated rings. The van der Waals surface area contributed by atoms with E-state index in [9.17, 15) is 19.7 Å². The van der Waals surface area contributed by atoms with E-state index >= 15 is 0 Å². The fraction of sp³-hybridized carbons (Fsp3) is 0.267. The predicted octanol–water partition coefficient (Wildman–Crippen LogP) is 0.533. The van der Waals surface area contributed by atoms with Crippen molar-refractivity contribution in [2.24, 2.45) is 5.73 Å². The molecule has 3 amide bonds. The van der Waals surface area contributed by atoms with Gasteiger partial charge in [0.2, 0.25) is 0 Å². The zero-order chi connectivity index (χ0) is 18.4. The van der Waals surface area contributed by atoms with Crippen molar-refractivity contribution in [2.45, 2.75) is 0 Å². The SMILES string of the molecule is N#C/C(=C/c1ccc(N2CCOCC2)c([N+](=O)[O-])c1)C(=O)NC(N)=O. The molecule has 25 heavy (non-hydrogen) atoms. The number of primary amides is 1. The van der Waals surface area contributed by atoms with Crippen LogP contribution in [0.1, 0.15) is 5.56 Å². The van der Waals surface area contributed by atoms with E-state index in [1.807, 2.05) is 4.90 Å². The highest BCUT2D eigenvalue weighted by molar-refractivity contribution is 6.08. The molecule has 1 saturated heterocycles. The van der Waals surface area contributed by atoms with Crippen molar-refractivity contribution in [1.82, 2.24) is 5.32 Å². The van der Waals surface area contributed by atoms with Crippen molar-refractivity contribution in [3.05, 3.63) is 39.4 Å². The van der Waals surface area contributed by atoms with Crippen molar-refractivity contribution in [2.75, 3.05) is 31.2 Å². The molecule has 0 bridgehead atoms. The summed E-state index contributed by atoms with van der Waals surface area (Å²) in [4.78, 5) is 35.0. The summed E-state index contributed by atoms with van der Waals surface area (Å²) in [6.07, 6.45) is 1.15. The van der Waals surface area contributed by atoms with Gasteiger partial charge in [0, 0.05) is 19.2 Å². The number of anilines is 1. The predicted molar refractivity (Wildman–Crippen MR) is 87.4 cm³/mol. The van der Waals surface area contributed by atoms with Gasteiger partial charge >= 0.3 is 6.03 Å². The van der Waals surface area contributed by atoms with Crippen LogP contribution in [0.15, 0.2) is 23.8 Å². The van der Waals surface area contributed by atoms with Gasteiger partial charge < -0.3 is 15.4 Å². The topological polar surface area (TPSA) is 152 Å². The summed E-state index contributed by atoms with van der Waals surface area (Å²) in [6, 6.07) is 4.89. The summed E-state index contributed by atoms with van der Waals surface area (Å²) >= 11 is 0. The lowest BCUT2D eigenvalue weighted by molar-refractivity contribution is -0.384. The maximum atomic E-state index is 11.7. The lowest BCUT2D eigenvalue weighted by Crippen LogP contribution is -2.36. The molecule has 0 aliphatic carbocycles.